The molecule has 0 spiro atoms. The number of benzene rings is 1. The normalized spacial score (nSPS) is 38.6. The summed E-state index contributed by atoms with van der Waals surface area (Å²) in [6.07, 6.45) is 14.0. The Hall–Kier alpha value is -3.13. The van der Waals surface area contributed by atoms with Gasteiger partial charge in [-0.3, -0.25) is 14.6 Å². The number of hydrogen-bond donors (Lipinski definition) is 2. The molecule has 0 amide bonds. The first-order chi connectivity index (χ1) is 27.8. The summed E-state index contributed by atoms with van der Waals surface area (Å²) in [6, 6.07) is 6.76. The van der Waals surface area contributed by atoms with Gasteiger partial charge in [0, 0.05) is 59.7 Å². The Labute approximate surface area is 352 Å². The summed E-state index contributed by atoms with van der Waals surface area (Å²) in [4.78, 5) is 34.2. The van der Waals surface area contributed by atoms with Crippen LogP contribution in [0.3, 0.4) is 0 Å². The minimum absolute atomic E-state index is 0.0947. The molecule has 0 radical (unpaired) electrons. The lowest BCUT2D eigenvalue weighted by atomic mass is 9.34. The highest BCUT2D eigenvalue weighted by Crippen LogP contribution is 2.76. The van der Waals surface area contributed by atoms with Crippen LogP contribution >= 0.6 is 0 Å². The Balaban J connectivity index is 1.20. The van der Waals surface area contributed by atoms with Crippen molar-refractivity contribution in [1.29, 1.82) is 0 Å². The van der Waals surface area contributed by atoms with E-state index in [4.69, 9.17) is 9.73 Å². The molecule has 2 N–H and O–H groups in total. The molecule has 1 aromatic carbocycles. The highest BCUT2D eigenvalue weighted by Gasteiger charge is 2.73. The molecule has 1 saturated heterocycles. The number of aliphatic imine (C=N–C) groups is 1. The van der Waals surface area contributed by atoms with Crippen LogP contribution < -0.4 is 10.7 Å². The molecule has 2 aromatic rings. The number of ether oxygens (including phenoxy) is 1. The van der Waals surface area contributed by atoms with E-state index >= 15 is 0 Å². The Morgan fingerprint density at radius 1 is 1.00 bits per heavy atom. The van der Waals surface area contributed by atoms with E-state index in [-0.39, 0.29) is 52.0 Å². The molecule has 4 saturated carbocycles. The van der Waals surface area contributed by atoms with Crippen LogP contribution in [0.1, 0.15) is 142 Å². The van der Waals surface area contributed by atoms with Crippen LogP contribution in [0.4, 0.5) is 5.69 Å². The van der Waals surface area contributed by atoms with Gasteiger partial charge in [0.15, 0.2) is 5.78 Å². The fourth-order valence-electron chi connectivity index (χ4n) is 15.6. The van der Waals surface area contributed by atoms with Crippen molar-refractivity contribution < 1.29 is 24.5 Å². The Morgan fingerprint density at radius 3 is 2.32 bits per heavy atom. The van der Waals surface area contributed by atoms with E-state index in [9.17, 15) is 19.8 Å². The fourth-order valence-corrected chi connectivity index (χ4v) is 15.6. The lowest BCUT2D eigenvalue weighted by molar-refractivity contribution is -0.227. The lowest BCUT2D eigenvalue weighted by Gasteiger charge is -2.70. The molecule has 7 heteroatoms. The smallest absolute Gasteiger partial charge is 0.160 e. The quantitative estimate of drug-likeness (QED) is 0.248. The average Bonchev–Trinajstić information content (AvgIpc) is 3.71. The van der Waals surface area contributed by atoms with E-state index in [2.05, 4.69) is 90.3 Å². The van der Waals surface area contributed by atoms with E-state index in [0.29, 0.717) is 37.5 Å². The second kappa shape index (κ2) is 13.9. The molecule has 5 fully saturated rings. The van der Waals surface area contributed by atoms with Crippen molar-refractivity contribution in [3.63, 3.8) is 0 Å². The topological polar surface area (TPSA) is 104 Å². The summed E-state index contributed by atoms with van der Waals surface area (Å²) >= 11 is 0. The van der Waals surface area contributed by atoms with E-state index in [0.717, 1.165) is 66.1 Å². The zero-order valence-electron chi connectivity index (χ0n) is 37.6. The van der Waals surface area contributed by atoms with Crippen molar-refractivity contribution in [1.82, 2.24) is 4.57 Å². The highest BCUT2D eigenvalue weighted by atomic mass is 16.6. The van der Waals surface area contributed by atoms with Gasteiger partial charge in [-0.25, -0.2) is 0 Å². The van der Waals surface area contributed by atoms with Gasteiger partial charge < -0.3 is 19.5 Å². The zero-order valence-corrected chi connectivity index (χ0v) is 37.6. The summed E-state index contributed by atoms with van der Waals surface area (Å²) in [5.74, 6) is 0.572. The minimum atomic E-state index is -0.728. The number of fused-ring (bicyclic) bond motifs is 6. The number of ketones is 2. The number of carbonyl (C=O) groups excluding carboxylic acids is 2. The second-order valence-electron chi connectivity index (χ2n) is 22.0. The maximum atomic E-state index is 14.9. The first kappa shape index (κ1) is 41.2. The average molecular weight is 803 g/mol. The maximum Gasteiger partial charge on any atom is 0.160 e. The third-order valence-electron chi connectivity index (χ3n) is 18.3. The largest absolute Gasteiger partial charge is 0.392 e. The first-order valence-corrected chi connectivity index (χ1v) is 23.1. The van der Waals surface area contributed by atoms with E-state index in [1.807, 2.05) is 20.1 Å². The van der Waals surface area contributed by atoms with Gasteiger partial charge in [-0.15, -0.1) is 0 Å². The molecule has 3 heterocycles. The molecule has 11 unspecified atom stereocenters. The number of carbonyl (C=O) groups is 2. The molecule has 5 aliphatic carbocycles. The summed E-state index contributed by atoms with van der Waals surface area (Å²) in [5, 5.41) is 27.3. The predicted octanol–water partition coefficient (Wildman–Crippen LogP) is 8.42. The van der Waals surface area contributed by atoms with Gasteiger partial charge in [0.05, 0.1) is 28.8 Å². The number of rotatable bonds is 9. The van der Waals surface area contributed by atoms with Crippen LogP contribution in [-0.2, 0) is 27.3 Å². The Morgan fingerprint density at radius 2 is 1.68 bits per heavy atom. The van der Waals surface area contributed by atoms with Crippen LogP contribution in [0.2, 0.25) is 0 Å². The van der Waals surface area contributed by atoms with Gasteiger partial charge in [0.2, 0.25) is 0 Å². The van der Waals surface area contributed by atoms with E-state index in [1.54, 1.807) is 0 Å². The number of aliphatic hydroxyl groups excluding tert-OH is 2. The van der Waals surface area contributed by atoms with Crippen molar-refractivity contribution in [2.45, 2.75) is 170 Å². The van der Waals surface area contributed by atoms with Gasteiger partial charge in [-0.2, -0.15) is 0 Å². The molecule has 9 rings (SSSR count). The summed E-state index contributed by atoms with van der Waals surface area (Å²) in [6.45, 7) is 22.6. The van der Waals surface area contributed by atoms with E-state index < -0.39 is 23.0 Å². The van der Waals surface area contributed by atoms with Gasteiger partial charge in [0.1, 0.15) is 11.9 Å². The molecule has 1 aromatic heterocycles. The Kier molecular flexibility index (Phi) is 9.74. The fraction of sp³-hybridized carbons (Fsp3) is 0.673. The zero-order chi connectivity index (χ0) is 42.2. The van der Waals surface area contributed by atoms with Crippen LogP contribution in [0.15, 0.2) is 34.3 Å². The highest BCUT2D eigenvalue weighted by molar-refractivity contribution is 6.01. The number of aromatic nitrogens is 1. The van der Waals surface area contributed by atoms with Crippen molar-refractivity contribution >= 4 is 35.6 Å². The van der Waals surface area contributed by atoms with E-state index in [1.165, 1.54) is 35.1 Å². The first-order valence-electron chi connectivity index (χ1n) is 23.1. The second-order valence-corrected chi connectivity index (χ2v) is 22.0. The SMILES string of the molecule is CC=c1c(Cc2cc(C)cc(C)c2)c2c(n1CC1C3=C(C(C)CC(O)C4OC4(C)C)C(=O)CC3(C)C3(C)CCC4C(C)(CCC(=O)C4(C)C4CCCC4)C3C1O)=CC=N2. The third-order valence-corrected chi connectivity index (χ3v) is 18.3. The standard InChI is InChI=1S/C52H70N2O5/c1-11-36-34(26-32-23-29(2)22-30(3)24-32)44-37(18-21-53-44)54(36)28-35-43-42(31(4)25-38(55)47-48(5,6)59-47)39(56)27-51(43,9)50(8)20-16-40-49(7,46(50)45(35)58)19-17-41(57)52(40,10)33-14-12-13-15-33/h11,18,21-24,31,33,35,38,40,45-47,55,58H,12-17,19-20,25-28H2,1-10H3. The number of hydrogen-bond acceptors (Lipinski definition) is 6. The van der Waals surface area contributed by atoms with Crippen LogP contribution in [0, 0.1) is 65.1 Å². The van der Waals surface area contributed by atoms with Crippen LogP contribution in [-0.4, -0.2) is 56.5 Å². The number of allylic oxidation sites excluding steroid dienone is 1. The minimum Gasteiger partial charge on any atom is -0.392 e. The van der Waals surface area contributed by atoms with Gasteiger partial charge in [-0.05, 0) is 130 Å². The maximum absolute atomic E-state index is 14.9. The van der Waals surface area contributed by atoms with Crippen molar-refractivity contribution in [3.05, 3.63) is 62.3 Å². The molecular formula is C52H70N2O5. The number of aryl methyl sites for hydroxylation is 2. The van der Waals surface area contributed by atoms with Crippen LogP contribution in [0.5, 0.6) is 0 Å². The lowest BCUT2D eigenvalue weighted by Crippen LogP contribution is -2.68. The van der Waals surface area contributed by atoms with Gasteiger partial charge in [-0.1, -0.05) is 82.9 Å². The molecule has 7 nitrogen and oxygen atoms in total. The van der Waals surface area contributed by atoms with Crippen molar-refractivity contribution in [2.24, 2.45) is 56.2 Å². The number of Topliss-reactive ketones (excluding diaryl/α,β-unsaturated/α-hetero) is 2. The number of epoxide rings is 1. The molecule has 0 bridgehead atoms. The monoisotopic (exact) mass is 803 g/mol. The third kappa shape index (κ3) is 5.93. The molecule has 7 aliphatic rings. The molecule has 2 aliphatic heterocycles. The van der Waals surface area contributed by atoms with Crippen molar-refractivity contribution in [2.75, 3.05) is 0 Å². The Bertz CT molecular complexity index is 2270. The number of aliphatic hydroxyl groups is 2. The van der Waals surface area contributed by atoms with Gasteiger partial charge >= 0.3 is 0 Å². The van der Waals surface area contributed by atoms with Crippen LogP contribution in [0.25, 0.3) is 12.2 Å². The molecule has 11 atom stereocenters. The van der Waals surface area contributed by atoms with Crippen molar-refractivity contribution in [3.8, 4) is 0 Å². The summed E-state index contributed by atoms with van der Waals surface area (Å²) in [7, 11) is 0. The molecule has 318 valence electrons. The summed E-state index contributed by atoms with van der Waals surface area (Å²) < 4.78 is 8.30. The predicted molar refractivity (Wildman–Crippen MR) is 235 cm³/mol. The summed E-state index contributed by atoms with van der Waals surface area (Å²) in [5.41, 5.74) is 6.01. The molecular weight excluding hydrogens is 733 g/mol. The van der Waals surface area contributed by atoms with Gasteiger partial charge in [0.25, 0.3) is 0 Å². The molecule has 59 heavy (non-hydrogen) atoms. The number of nitrogens with zero attached hydrogens (tertiary/aromatic N) is 2.